The van der Waals surface area contributed by atoms with Gasteiger partial charge in [-0.1, -0.05) is 71.2 Å². The number of hydrogen-bond donors (Lipinski definition) is 2. The lowest BCUT2D eigenvalue weighted by atomic mass is 9.97. The molecular formula is C21H20Cl3F3N2OS. The predicted molar refractivity (Wildman–Crippen MR) is 126 cm³/mol. The van der Waals surface area contributed by atoms with E-state index in [0.29, 0.717) is 16.2 Å². The third-order valence-corrected chi connectivity index (χ3v) is 5.21. The molecule has 1 unspecified atom stereocenters. The van der Waals surface area contributed by atoms with Gasteiger partial charge in [0.05, 0.1) is 21.0 Å². The first-order chi connectivity index (χ1) is 14.4. The molecule has 3 N–H and O–H groups in total. The molecule has 0 aliphatic heterocycles. The number of rotatable bonds is 5. The van der Waals surface area contributed by atoms with Crippen molar-refractivity contribution < 1.29 is 18.0 Å². The van der Waals surface area contributed by atoms with Crippen molar-refractivity contribution in [3.05, 3.63) is 74.2 Å². The zero-order chi connectivity index (χ0) is 23.8. The molecule has 0 saturated heterocycles. The van der Waals surface area contributed by atoms with E-state index in [0.717, 1.165) is 24.8 Å². The van der Waals surface area contributed by atoms with Crippen LogP contribution in [0.1, 0.15) is 41.3 Å². The highest BCUT2D eigenvalue weighted by Crippen LogP contribution is 2.41. The fourth-order valence-corrected chi connectivity index (χ4v) is 3.13. The van der Waals surface area contributed by atoms with Crippen molar-refractivity contribution >= 4 is 64.0 Å². The lowest BCUT2D eigenvalue weighted by Crippen LogP contribution is -2.28. The van der Waals surface area contributed by atoms with E-state index in [1.54, 1.807) is 24.3 Å². The Balaban J connectivity index is 0.000000703. The van der Waals surface area contributed by atoms with E-state index >= 15 is 0 Å². The standard InChI is InChI=1S/C18H12Cl3F3O.C3H8N2S/c1-10(25)12-5-2-11(3-6-12)4-7-14(18(22,23)24)13-8-15(19)17(21)16(20)9-13;1-2-5-3(4)6/h2-9,14H,1H3;2H2,1H3,(H3,4,5,6)/b7-4+;. The maximum atomic E-state index is 13.4. The normalized spacial score (nSPS) is 12.1. The number of carbonyl (C=O) groups is 1. The van der Waals surface area contributed by atoms with Gasteiger partial charge in [0.25, 0.3) is 0 Å². The zero-order valence-electron chi connectivity index (χ0n) is 16.6. The number of nitrogens with one attached hydrogen (secondary N) is 1. The number of hydrogen-bond acceptors (Lipinski definition) is 2. The van der Waals surface area contributed by atoms with Gasteiger partial charge in [-0.3, -0.25) is 4.79 Å². The van der Waals surface area contributed by atoms with Crippen LogP contribution in [0.5, 0.6) is 0 Å². The first-order valence-corrected chi connectivity index (χ1v) is 10.4. The van der Waals surface area contributed by atoms with Crippen LogP contribution < -0.4 is 11.1 Å². The molecule has 3 nitrogen and oxygen atoms in total. The summed E-state index contributed by atoms with van der Waals surface area (Å²) in [4.78, 5) is 11.2. The second-order valence-electron chi connectivity index (χ2n) is 6.25. The van der Waals surface area contributed by atoms with Crippen molar-refractivity contribution in [3.8, 4) is 0 Å². The maximum absolute atomic E-state index is 13.4. The van der Waals surface area contributed by atoms with Gasteiger partial charge in [-0.15, -0.1) is 0 Å². The summed E-state index contributed by atoms with van der Waals surface area (Å²) >= 11 is 21.9. The molecule has 2 rings (SSSR count). The van der Waals surface area contributed by atoms with Crippen LogP contribution in [0.15, 0.2) is 42.5 Å². The quantitative estimate of drug-likeness (QED) is 0.257. The van der Waals surface area contributed by atoms with E-state index in [9.17, 15) is 18.0 Å². The number of thiocarbonyl (C=S) groups is 1. The highest BCUT2D eigenvalue weighted by Gasteiger charge is 2.39. The molecule has 168 valence electrons. The number of nitrogens with two attached hydrogens (primary N) is 1. The molecule has 0 amide bonds. The molecular weight excluding hydrogens is 492 g/mol. The zero-order valence-corrected chi connectivity index (χ0v) is 19.6. The summed E-state index contributed by atoms with van der Waals surface area (Å²) in [6, 6.07) is 8.56. The Kier molecular flexibility index (Phi) is 10.8. The molecule has 2 aromatic carbocycles. The van der Waals surface area contributed by atoms with Crippen molar-refractivity contribution in [2.24, 2.45) is 5.73 Å². The van der Waals surface area contributed by atoms with E-state index in [1.807, 2.05) is 6.92 Å². The first-order valence-electron chi connectivity index (χ1n) is 8.90. The van der Waals surface area contributed by atoms with Crippen LogP contribution in [0, 0.1) is 0 Å². The van der Waals surface area contributed by atoms with Gasteiger partial charge in [-0.25, -0.2) is 0 Å². The van der Waals surface area contributed by atoms with Gasteiger partial charge in [0.2, 0.25) is 0 Å². The number of Topliss-reactive ketones (excluding diaryl/α,β-unsaturated/α-hetero) is 1. The summed E-state index contributed by atoms with van der Waals surface area (Å²) in [6.45, 7) is 4.17. The van der Waals surface area contributed by atoms with Gasteiger partial charge in [-0.2, -0.15) is 13.2 Å². The number of alkyl halides is 3. The van der Waals surface area contributed by atoms with E-state index in [-0.39, 0.29) is 26.4 Å². The average Bonchev–Trinajstić information content (AvgIpc) is 2.66. The van der Waals surface area contributed by atoms with Crippen molar-refractivity contribution in [3.63, 3.8) is 0 Å². The summed E-state index contributed by atoms with van der Waals surface area (Å²) in [5, 5.41) is 3.01. The second-order valence-corrected chi connectivity index (χ2v) is 7.88. The topological polar surface area (TPSA) is 55.1 Å². The lowest BCUT2D eigenvalue weighted by molar-refractivity contribution is -0.139. The first kappa shape index (κ1) is 27.2. The van der Waals surface area contributed by atoms with Crippen molar-refractivity contribution in [1.82, 2.24) is 5.32 Å². The SMILES string of the molecule is CC(=O)c1ccc(/C=C/C(c2cc(Cl)c(Cl)c(Cl)c2)C(F)(F)F)cc1.CCNC(N)=S. The number of carbonyl (C=O) groups excluding carboxylic acids is 1. The van der Waals surface area contributed by atoms with Crippen LogP contribution in [-0.2, 0) is 0 Å². The molecule has 0 fully saturated rings. The number of ketones is 1. The van der Waals surface area contributed by atoms with Gasteiger partial charge in [0.15, 0.2) is 10.9 Å². The molecule has 10 heteroatoms. The largest absolute Gasteiger partial charge is 0.399 e. The van der Waals surface area contributed by atoms with Crippen LogP contribution in [0.25, 0.3) is 6.08 Å². The fraction of sp³-hybridized carbons (Fsp3) is 0.238. The third-order valence-electron chi connectivity index (χ3n) is 3.87. The molecule has 0 spiro atoms. The predicted octanol–water partition coefficient (Wildman–Crippen LogP) is 7.05. The number of halogens is 6. The number of benzene rings is 2. The Bertz CT molecular complexity index is 925. The van der Waals surface area contributed by atoms with Gasteiger partial charge in [-0.05, 0) is 49.3 Å². The highest BCUT2D eigenvalue weighted by molar-refractivity contribution is 7.80. The fourth-order valence-electron chi connectivity index (χ4n) is 2.37. The molecule has 2 aromatic rings. The second kappa shape index (κ2) is 12.3. The molecule has 0 aliphatic rings. The molecule has 31 heavy (non-hydrogen) atoms. The van der Waals surface area contributed by atoms with E-state index < -0.39 is 12.1 Å². The third kappa shape index (κ3) is 9.07. The van der Waals surface area contributed by atoms with Gasteiger partial charge in [0, 0.05) is 12.1 Å². The summed E-state index contributed by atoms with van der Waals surface area (Å²) in [5.41, 5.74) is 5.94. The Morgan fingerprint density at radius 1 is 1.16 bits per heavy atom. The molecule has 0 heterocycles. The molecule has 0 aromatic heterocycles. The molecule has 0 bridgehead atoms. The lowest BCUT2D eigenvalue weighted by Gasteiger charge is -2.18. The van der Waals surface area contributed by atoms with E-state index in [1.165, 1.54) is 13.0 Å². The maximum Gasteiger partial charge on any atom is 0.399 e. The van der Waals surface area contributed by atoms with Crippen molar-refractivity contribution in [1.29, 1.82) is 0 Å². The van der Waals surface area contributed by atoms with E-state index in [4.69, 9.17) is 40.5 Å². The van der Waals surface area contributed by atoms with Crippen molar-refractivity contribution in [2.75, 3.05) is 6.54 Å². The van der Waals surface area contributed by atoms with Crippen LogP contribution in [0.3, 0.4) is 0 Å². The van der Waals surface area contributed by atoms with Crippen molar-refractivity contribution in [2.45, 2.75) is 25.9 Å². The van der Waals surface area contributed by atoms with Gasteiger partial charge < -0.3 is 11.1 Å². The van der Waals surface area contributed by atoms with Crippen LogP contribution >= 0.6 is 47.0 Å². The summed E-state index contributed by atoms with van der Waals surface area (Å²) in [5.74, 6) is -2.01. The van der Waals surface area contributed by atoms with Gasteiger partial charge in [0.1, 0.15) is 0 Å². The molecule has 0 radical (unpaired) electrons. The molecule has 1 atom stereocenters. The number of allylic oxidation sites excluding steroid dienone is 1. The Labute approximate surface area is 199 Å². The smallest absolute Gasteiger partial charge is 0.376 e. The van der Waals surface area contributed by atoms with Crippen LogP contribution in [0.2, 0.25) is 15.1 Å². The summed E-state index contributed by atoms with van der Waals surface area (Å²) in [7, 11) is 0. The molecule has 0 saturated carbocycles. The Morgan fingerprint density at radius 2 is 1.68 bits per heavy atom. The minimum atomic E-state index is -4.53. The monoisotopic (exact) mass is 510 g/mol. The molecule has 0 aliphatic carbocycles. The van der Waals surface area contributed by atoms with E-state index in [2.05, 4.69) is 17.5 Å². The summed E-state index contributed by atoms with van der Waals surface area (Å²) in [6.07, 6.45) is -2.19. The van der Waals surface area contributed by atoms with Crippen LogP contribution in [-0.4, -0.2) is 23.6 Å². The minimum absolute atomic E-state index is 0.0109. The van der Waals surface area contributed by atoms with Gasteiger partial charge >= 0.3 is 6.18 Å². The Morgan fingerprint density at radius 3 is 2.03 bits per heavy atom. The summed E-state index contributed by atoms with van der Waals surface area (Å²) < 4.78 is 40.3. The minimum Gasteiger partial charge on any atom is -0.376 e. The highest BCUT2D eigenvalue weighted by atomic mass is 35.5. The van der Waals surface area contributed by atoms with Crippen LogP contribution in [0.4, 0.5) is 13.2 Å². The average molecular weight is 512 g/mol. The Hall–Kier alpha value is -1.80.